The summed E-state index contributed by atoms with van der Waals surface area (Å²) < 4.78 is 7.57. The Bertz CT molecular complexity index is 764. The average Bonchev–Trinajstić information content (AvgIpc) is 3.28. The van der Waals surface area contributed by atoms with E-state index >= 15 is 0 Å². The molecule has 0 atom stereocenters. The van der Waals surface area contributed by atoms with Crippen molar-refractivity contribution in [1.29, 1.82) is 0 Å². The number of carbonyl (C=O) groups is 1. The fraction of sp³-hybridized carbons (Fsp3) is 0.632. The van der Waals surface area contributed by atoms with E-state index in [9.17, 15) is 4.79 Å². The zero-order valence-electron chi connectivity index (χ0n) is 14.9. The fourth-order valence-electron chi connectivity index (χ4n) is 4.30. The molecule has 1 fully saturated rings. The number of hydrogen-bond acceptors (Lipinski definition) is 5. The number of fused-ring (bicyclic) bond motifs is 3. The maximum Gasteiger partial charge on any atom is 0.150 e. The minimum atomic E-state index is 0.509. The zero-order valence-corrected chi connectivity index (χ0v) is 14.9. The first-order valence-electron chi connectivity index (χ1n) is 9.39. The van der Waals surface area contributed by atoms with Gasteiger partial charge in [-0.05, 0) is 44.5 Å². The van der Waals surface area contributed by atoms with Crippen LogP contribution in [-0.2, 0) is 24.5 Å². The van der Waals surface area contributed by atoms with Crippen molar-refractivity contribution in [2.45, 2.75) is 64.3 Å². The molecule has 2 heterocycles. The van der Waals surface area contributed by atoms with Crippen molar-refractivity contribution >= 4 is 17.3 Å². The van der Waals surface area contributed by atoms with Crippen molar-refractivity contribution < 1.29 is 9.53 Å². The Morgan fingerprint density at radius 3 is 2.88 bits per heavy atom. The predicted molar refractivity (Wildman–Crippen MR) is 95.5 cm³/mol. The summed E-state index contributed by atoms with van der Waals surface area (Å²) in [6, 6.07) is 2.59. The molecule has 1 aliphatic carbocycles. The second kappa shape index (κ2) is 7.22. The fourth-order valence-corrected chi connectivity index (χ4v) is 4.30. The SMILES string of the molecule is CN(CCCn1nnc2cc(C=O)c3c(c21)COC3)C1CCCCC1. The molecule has 1 aromatic heterocycles. The zero-order chi connectivity index (χ0) is 17.2. The van der Waals surface area contributed by atoms with Crippen molar-refractivity contribution in [2.24, 2.45) is 0 Å². The van der Waals surface area contributed by atoms with Crippen LogP contribution in [0.1, 0.15) is 60.0 Å². The smallest absolute Gasteiger partial charge is 0.150 e. The summed E-state index contributed by atoms with van der Waals surface area (Å²) in [5, 5.41) is 8.61. The van der Waals surface area contributed by atoms with Gasteiger partial charge < -0.3 is 9.64 Å². The standard InChI is InChI=1S/C19H26N4O2/c1-22(15-6-3-2-4-7-15)8-5-9-23-19-17-13-25-12-16(17)14(11-24)10-18(19)20-21-23/h10-11,15H,2-9,12-13H2,1H3. The van der Waals surface area contributed by atoms with Crippen LogP contribution < -0.4 is 0 Å². The molecule has 0 unspecified atom stereocenters. The largest absolute Gasteiger partial charge is 0.372 e. The lowest BCUT2D eigenvalue weighted by Crippen LogP contribution is -2.34. The van der Waals surface area contributed by atoms with Gasteiger partial charge in [-0.25, -0.2) is 4.68 Å². The van der Waals surface area contributed by atoms with Gasteiger partial charge in [0.15, 0.2) is 6.29 Å². The van der Waals surface area contributed by atoms with Gasteiger partial charge in [-0.1, -0.05) is 24.5 Å². The number of aromatic nitrogens is 3. The normalized spacial score (nSPS) is 18.2. The Balaban J connectivity index is 1.47. The average molecular weight is 342 g/mol. The molecule has 1 saturated carbocycles. The van der Waals surface area contributed by atoms with Crippen LogP contribution in [0.3, 0.4) is 0 Å². The van der Waals surface area contributed by atoms with Crippen molar-refractivity contribution in [3.8, 4) is 0 Å². The molecule has 4 rings (SSSR count). The molecular formula is C19H26N4O2. The van der Waals surface area contributed by atoms with Crippen molar-refractivity contribution in [3.05, 3.63) is 22.8 Å². The third-order valence-electron chi connectivity index (χ3n) is 5.75. The molecule has 1 aliphatic heterocycles. The Hall–Kier alpha value is -1.79. The lowest BCUT2D eigenvalue weighted by molar-refractivity contribution is 0.111. The van der Waals surface area contributed by atoms with Gasteiger partial charge in [0, 0.05) is 23.7 Å². The molecule has 0 saturated heterocycles. The lowest BCUT2D eigenvalue weighted by atomic mass is 9.94. The van der Waals surface area contributed by atoms with Gasteiger partial charge in [0.05, 0.1) is 18.7 Å². The van der Waals surface area contributed by atoms with Gasteiger partial charge in [-0.15, -0.1) is 5.10 Å². The van der Waals surface area contributed by atoms with E-state index in [1.165, 1.54) is 32.1 Å². The van der Waals surface area contributed by atoms with Gasteiger partial charge in [0.2, 0.25) is 0 Å². The van der Waals surface area contributed by atoms with E-state index in [4.69, 9.17) is 4.74 Å². The first kappa shape index (κ1) is 16.7. The van der Waals surface area contributed by atoms with Crippen molar-refractivity contribution in [1.82, 2.24) is 19.9 Å². The third-order valence-corrected chi connectivity index (χ3v) is 5.75. The summed E-state index contributed by atoms with van der Waals surface area (Å²) in [5.41, 5.74) is 4.62. The molecule has 0 bridgehead atoms. The number of ether oxygens (including phenoxy) is 1. The summed E-state index contributed by atoms with van der Waals surface area (Å²) >= 11 is 0. The van der Waals surface area contributed by atoms with Gasteiger partial charge in [-0.2, -0.15) is 0 Å². The maximum atomic E-state index is 11.3. The molecule has 2 aliphatic rings. The summed E-state index contributed by atoms with van der Waals surface area (Å²) in [4.78, 5) is 13.8. The Morgan fingerprint density at radius 1 is 1.28 bits per heavy atom. The number of hydrogen-bond donors (Lipinski definition) is 0. The van der Waals surface area contributed by atoms with Crippen LogP contribution in [-0.4, -0.2) is 45.8 Å². The number of aryl methyl sites for hydroxylation is 1. The van der Waals surface area contributed by atoms with Crippen LogP contribution in [0.25, 0.3) is 11.0 Å². The Kier molecular flexibility index (Phi) is 4.81. The van der Waals surface area contributed by atoms with Crippen LogP contribution in [0.4, 0.5) is 0 Å². The quantitative estimate of drug-likeness (QED) is 0.756. The predicted octanol–water partition coefficient (Wildman–Crippen LogP) is 2.93. The van der Waals surface area contributed by atoms with E-state index in [-0.39, 0.29) is 0 Å². The van der Waals surface area contributed by atoms with E-state index in [1.54, 1.807) is 0 Å². The lowest BCUT2D eigenvalue weighted by Gasteiger charge is -2.31. The van der Waals surface area contributed by atoms with E-state index in [0.717, 1.165) is 54.0 Å². The monoisotopic (exact) mass is 342 g/mol. The molecule has 0 amide bonds. The second-order valence-corrected chi connectivity index (χ2v) is 7.34. The van der Waals surface area contributed by atoms with Crippen LogP contribution in [0.2, 0.25) is 0 Å². The highest BCUT2D eigenvalue weighted by molar-refractivity contribution is 5.89. The first-order chi connectivity index (χ1) is 12.3. The first-order valence-corrected chi connectivity index (χ1v) is 9.39. The number of aldehydes is 1. The minimum absolute atomic E-state index is 0.509. The number of nitrogens with zero attached hydrogens (tertiary/aromatic N) is 4. The highest BCUT2D eigenvalue weighted by Gasteiger charge is 2.23. The number of benzene rings is 1. The van der Waals surface area contributed by atoms with Gasteiger partial charge >= 0.3 is 0 Å². The molecule has 0 spiro atoms. The van der Waals surface area contributed by atoms with Crippen LogP contribution in [0.15, 0.2) is 6.07 Å². The van der Waals surface area contributed by atoms with E-state index < -0.39 is 0 Å². The third kappa shape index (κ3) is 3.20. The minimum Gasteiger partial charge on any atom is -0.372 e. The molecule has 2 aromatic rings. The molecule has 25 heavy (non-hydrogen) atoms. The van der Waals surface area contributed by atoms with Gasteiger partial charge in [-0.3, -0.25) is 4.79 Å². The molecule has 0 radical (unpaired) electrons. The molecule has 6 heteroatoms. The van der Waals surface area contributed by atoms with E-state index in [1.807, 2.05) is 10.7 Å². The summed E-state index contributed by atoms with van der Waals surface area (Å²) in [5.74, 6) is 0. The van der Waals surface area contributed by atoms with Crippen molar-refractivity contribution in [3.63, 3.8) is 0 Å². The molecule has 6 nitrogen and oxygen atoms in total. The Labute approximate surface area is 148 Å². The second-order valence-electron chi connectivity index (χ2n) is 7.34. The molecule has 0 N–H and O–H groups in total. The van der Waals surface area contributed by atoms with Crippen molar-refractivity contribution in [2.75, 3.05) is 13.6 Å². The number of rotatable bonds is 6. The molecule has 1 aromatic carbocycles. The summed E-state index contributed by atoms with van der Waals surface area (Å²) in [6.45, 7) is 2.98. The molecular weight excluding hydrogens is 316 g/mol. The van der Waals surface area contributed by atoms with E-state index in [2.05, 4.69) is 22.3 Å². The Morgan fingerprint density at radius 2 is 2.08 bits per heavy atom. The van der Waals surface area contributed by atoms with Gasteiger partial charge in [0.1, 0.15) is 5.52 Å². The maximum absolute atomic E-state index is 11.3. The highest BCUT2D eigenvalue weighted by Crippen LogP contribution is 2.30. The molecule has 134 valence electrons. The van der Waals surface area contributed by atoms with E-state index in [0.29, 0.717) is 18.8 Å². The van der Waals surface area contributed by atoms with Crippen LogP contribution in [0, 0.1) is 0 Å². The van der Waals surface area contributed by atoms with Crippen LogP contribution in [0.5, 0.6) is 0 Å². The summed E-state index contributed by atoms with van der Waals surface area (Å²) in [7, 11) is 2.25. The van der Waals surface area contributed by atoms with Crippen LogP contribution >= 0.6 is 0 Å². The van der Waals surface area contributed by atoms with Gasteiger partial charge in [0.25, 0.3) is 0 Å². The topological polar surface area (TPSA) is 60.2 Å². The summed E-state index contributed by atoms with van der Waals surface area (Å²) in [6.07, 6.45) is 8.75. The highest BCUT2D eigenvalue weighted by atomic mass is 16.5. The number of carbonyl (C=O) groups excluding carboxylic acids is 1.